The Labute approximate surface area is 231 Å². The summed E-state index contributed by atoms with van der Waals surface area (Å²) in [4.78, 5) is 49.3. The molecule has 0 amide bonds. The zero-order chi connectivity index (χ0) is 28.4. The third kappa shape index (κ3) is 5.86. The van der Waals surface area contributed by atoms with Crippen molar-refractivity contribution in [3.05, 3.63) is 45.8 Å². The van der Waals surface area contributed by atoms with Crippen LogP contribution in [0.3, 0.4) is 0 Å². The van der Waals surface area contributed by atoms with E-state index in [2.05, 4.69) is 25.9 Å². The maximum absolute atomic E-state index is 12.4. The van der Waals surface area contributed by atoms with Crippen LogP contribution in [0.15, 0.2) is 34.5 Å². The number of nitrogens with one attached hydrogen (secondary N) is 1. The van der Waals surface area contributed by atoms with Crippen LogP contribution in [0, 0.1) is 12.3 Å². The summed E-state index contributed by atoms with van der Waals surface area (Å²) in [6, 6.07) is 1.12. The standard InChI is InChI=1S/C22H26N7O9PS/c1-2-7-34-18-17(13(8-30)37-21(18)28-6-5-14(31)27-22(28)32)38-39(33,40)35-9-12-3-4-15(36-12)29-11-26-16-19(23)24-10-25-20(16)29/h1,5-6,10-13,15,17-18,21,30H,3-4,7-9H2,(H,33,40)(H2,23,24,25)(H,27,31,32)/t12-,13+,15+,17?,18?,21+,39?/m0/s1. The van der Waals surface area contributed by atoms with Gasteiger partial charge in [-0.1, -0.05) is 5.92 Å². The number of ether oxygens (including phenoxy) is 3. The van der Waals surface area contributed by atoms with Crippen LogP contribution in [-0.2, 0) is 35.1 Å². The molecule has 5 heterocycles. The van der Waals surface area contributed by atoms with E-state index in [0.717, 1.165) is 10.6 Å². The first-order chi connectivity index (χ1) is 19.2. The number of fused-ring (bicyclic) bond motifs is 1. The maximum atomic E-state index is 12.4. The number of imidazole rings is 1. The Morgan fingerprint density at radius 2 is 2.08 bits per heavy atom. The molecule has 0 saturated carbocycles. The Balaban J connectivity index is 1.26. The summed E-state index contributed by atoms with van der Waals surface area (Å²) < 4.78 is 31.7. The minimum Gasteiger partial charge on any atom is -0.394 e. The summed E-state index contributed by atoms with van der Waals surface area (Å²) in [5.74, 6) is 2.57. The second-order valence-electron chi connectivity index (χ2n) is 8.95. The predicted molar refractivity (Wildman–Crippen MR) is 141 cm³/mol. The number of anilines is 1. The first-order valence-corrected chi connectivity index (χ1v) is 14.7. The van der Waals surface area contributed by atoms with Crippen molar-refractivity contribution in [1.82, 2.24) is 29.1 Å². The lowest BCUT2D eigenvalue weighted by Gasteiger charge is -2.27. The highest BCUT2D eigenvalue weighted by Crippen LogP contribution is 2.50. The zero-order valence-corrected chi connectivity index (χ0v) is 22.5. The number of aromatic nitrogens is 6. The molecule has 5 rings (SSSR count). The van der Waals surface area contributed by atoms with Gasteiger partial charge in [-0.15, -0.1) is 6.42 Å². The normalized spacial score (nSPS) is 28.0. The first kappa shape index (κ1) is 28.5. The van der Waals surface area contributed by atoms with Crippen molar-refractivity contribution < 1.29 is 33.3 Å². The van der Waals surface area contributed by atoms with Gasteiger partial charge in [-0.2, -0.15) is 0 Å². The molecular formula is C22H26N7O9PS. The fourth-order valence-corrected chi connectivity index (χ4v) is 6.07. The van der Waals surface area contributed by atoms with E-state index in [4.69, 9.17) is 47.2 Å². The number of hydrogen-bond donors (Lipinski definition) is 4. The fraction of sp³-hybridized carbons (Fsp3) is 0.500. The predicted octanol–water partition coefficient (Wildman–Crippen LogP) is -0.837. The number of nitrogen functional groups attached to an aromatic ring is 1. The van der Waals surface area contributed by atoms with Crippen molar-refractivity contribution in [3.63, 3.8) is 0 Å². The summed E-state index contributed by atoms with van der Waals surface area (Å²) in [7, 11) is 0. The van der Waals surface area contributed by atoms with Gasteiger partial charge in [0.1, 0.15) is 43.0 Å². The number of nitrogens with zero attached hydrogens (tertiary/aromatic N) is 5. The second kappa shape index (κ2) is 11.8. The summed E-state index contributed by atoms with van der Waals surface area (Å²) >= 11 is 5.24. The van der Waals surface area contributed by atoms with Gasteiger partial charge in [0.25, 0.3) is 5.56 Å². The summed E-state index contributed by atoms with van der Waals surface area (Å²) in [5.41, 5.74) is 5.46. The summed E-state index contributed by atoms with van der Waals surface area (Å²) in [5, 5.41) is 9.93. The van der Waals surface area contributed by atoms with E-state index in [0.29, 0.717) is 24.0 Å². The number of aliphatic hydroxyl groups is 1. The monoisotopic (exact) mass is 595 g/mol. The Bertz CT molecular complexity index is 1570. The van der Waals surface area contributed by atoms with Gasteiger partial charge in [0, 0.05) is 12.3 Å². The lowest BCUT2D eigenvalue weighted by Crippen LogP contribution is -2.40. The van der Waals surface area contributed by atoms with E-state index in [1.165, 1.54) is 12.5 Å². The zero-order valence-electron chi connectivity index (χ0n) is 20.8. The molecule has 2 fully saturated rings. The van der Waals surface area contributed by atoms with Crippen LogP contribution >= 0.6 is 6.72 Å². The molecule has 5 N–H and O–H groups in total. The van der Waals surface area contributed by atoms with E-state index in [9.17, 15) is 19.6 Å². The largest absolute Gasteiger partial charge is 0.394 e. The van der Waals surface area contributed by atoms with Crippen molar-refractivity contribution in [1.29, 1.82) is 0 Å². The molecule has 18 heteroatoms. The number of nitrogens with two attached hydrogens (primary N) is 1. The quantitative estimate of drug-likeness (QED) is 0.166. The highest BCUT2D eigenvalue weighted by molar-refractivity contribution is 8.07. The smallest absolute Gasteiger partial charge is 0.330 e. The number of hydrogen-bond acceptors (Lipinski definition) is 13. The van der Waals surface area contributed by atoms with Gasteiger partial charge in [-0.05, 0) is 24.6 Å². The SMILES string of the molecule is C#CCOC1C(OP(O)(=S)OC[C@@H]2CC[C@H](n3cnc4c(N)ncnc43)O2)[C@@H](CO)O[C@H]1n1ccc(=O)[nH]c1=O. The van der Waals surface area contributed by atoms with Crippen LogP contribution < -0.4 is 17.0 Å². The Morgan fingerprint density at radius 3 is 2.83 bits per heavy atom. The molecule has 2 aliphatic rings. The van der Waals surface area contributed by atoms with Gasteiger partial charge >= 0.3 is 12.4 Å². The van der Waals surface area contributed by atoms with Gasteiger partial charge in [0.05, 0.1) is 25.6 Å². The Kier molecular flexibility index (Phi) is 8.42. The van der Waals surface area contributed by atoms with Crippen molar-refractivity contribution in [2.45, 2.75) is 49.7 Å². The molecule has 7 atom stereocenters. The van der Waals surface area contributed by atoms with Gasteiger partial charge in [0.15, 0.2) is 17.7 Å². The van der Waals surface area contributed by atoms with Crippen LogP contribution in [0.4, 0.5) is 5.82 Å². The maximum Gasteiger partial charge on any atom is 0.330 e. The molecule has 16 nitrogen and oxygen atoms in total. The van der Waals surface area contributed by atoms with Crippen LogP contribution in [0.1, 0.15) is 25.3 Å². The second-order valence-corrected chi connectivity index (χ2v) is 11.7. The third-order valence-corrected chi connectivity index (χ3v) is 7.97. The van der Waals surface area contributed by atoms with Gasteiger partial charge in [-0.25, -0.2) is 19.7 Å². The molecule has 2 aliphatic heterocycles. The number of aromatic amines is 1. The highest BCUT2D eigenvalue weighted by atomic mass is 32.5. The minimum absolute atomic E-state index is 0.0932. The molecule has 0 bridgehead atoms. The van der Waals surface area contributed by atoms with E-state index < -0.39 is 61.4 Å². The highest BCUT2D eigenvalue weighted by Gasteiger charge is 2.49. The van der Waals surface area contributed by atoms with Gasteiger partial charge in [-0.3, -0.25) is 23.4 Å². The Morgan fingerprint density at radius 1 is 1.25 bits per heavy atom. The van der Waals surface area contributed by atoms with Crippen LogP contribution in [0.25, 0.3) is 11.2 Å². The fourth-order valence-electron chi connectivity index (χ4n) is 4.61. The topological polar surface area (TPSA) is 211 Å². The van der Waals surface area contributed by atoms with Crippen LogP contribution in [0.5, 0.6) is 0 Å². The van der Waals surface area contributed by atoms with E-state index in [1.54, 1.807) is 10.9 Å². The molecule has 0 spiro atoms. The van der Waals surface area contributed by atoms with E-state index in [-0.39, 0.29) is 19.0 Å². The third-order valence-electron chi connectivity index (χ3n) is 6.41. The molecule has 3 unspecified atom stereocenters. The first-order valence-electron chi connectivity index (χ1n) is 12.1. The molecule has 0 radical (unpaired) electrons. The minimum atomic E-state index is -3.95. The number of rotatable bonds is 10. The van der Waals surface area contributed by atoms with Crippen LogP contribution in [0.2, 0.25) is 0 Å². The molecule has 3 aromatic heterocycles. The average Bonchev–Trinajstić information content (AvgIpc) is 3.64. The molecule has 214 valence electrons. The lowest BCUT2D eigenvalue weighted by molar-refractivity contribution is -0.0677. The van der Waals surface area contributed by atoms with Crippen molar-refractivity contribution in [2.75, 3.05) is 25.6 Å². The molecule has 40 heavy (non-hydrogen) atoms. The van der Waals surface area contributed by atoms with Crippen molar-refractivity contribution >= 4 is 35.5 Å². The van der Waals surface area contributed by atoms with Crippen LogP contribution in [-0.4, -0.2) is 83.3 Å². The van der Waals surface area contributed by atoms with Crippen molar-refractivity contribution in [3.8, 4) is 12.3 Å². The van der Waals surface area contributed by atoms with E-state index >= 15 is 0 Å². The molecule has 0 aromatic carbocycles. The number of H-pyrrole nitrogens is 1. The number of aliphatic hydroxyl groups excluding tert-OH is 1. The summed E-state index contributed by atoms with van der Waals surface area (Å²) in [6.07, 6.45) is 5.33. The lowest BCUT2D eigenvalue weighted by atomic mass is 10.1. The molecule has 3 aromatic rings. The summed E-state index contributed by atoms with van der Waals surface area (Å²) in [6.45, 7) is -4.81. The molecular weight excluding hydrogens is 569 g/mol. The Hall–Kier alpha value is -3.04. The van der Waals surface area contributed by atoms with Gasteiger partial charge < -0.3 is 34.5 Å². The van der Waals surface area contributed by atoms with Gasteiger partial charge in [0.2, 0.25) is 0 Å². The number of terminal acetylenes is 1. The van der Waals surface area contributed by atoms with E-state index in [1.807, 2.05) is 0 Å². The molecule has 2 saturated heterocycles. The van der Waals surface area contributed by atoms with Crippen molar-refractivity contribution in [2.24, 2.45) is 0 Å². The average molecular weight is 596 g/mol. The molecule has 0 aliphatic carbocycles.